The van der Waals surface area contributed by atoms with Gasteiger partial charge in [0.05, 0.1) is 17.7 Å². The average molecular weight is 335 g/mol. The standard InChI is InChI=1S/C16H21N3O3S/c20-14-2-1-5-19(14)12-3-7-22-16(8-12)4-6-18(10-16)15(21)13-9-23-11-17-13/h9,11-12H,1-8,10H2/t12-,16-/m1/s1. The number of carbonyl (C=O) groups is 2. The molecule has 7 heteroatoms. The fraction of sp³-hybridized carbons (Fsp3) is 0.688. The van der Waals surface area contributed by atoms with Crippen molar-refractivity contribution in [2.24, 2.45) is 0 Å². The first-order valence-electron chi connectivity index (χ1n) is 8.28. The van der Waals surface area contributed by atoms with Crippen LogP contribution < -0.4 is 0 Å². The Morgan fingerprint density at radius 1 is 1.43 bits per heavy atom. The maximum absolute atomic E-state index is 12.5. The van der Waals surface area contributed by atoms with E-state index in [1.807, 2.05) is 9.80 Å². The molecule has 0 saturated carbocycles. The fourth-order valence-electron chi connectivity index (χ4n) is 4.11. The molecule has 1 aromatic heterocycles. The second kappa shape index (κ2) is 5.87. The van der Waals surface area contributed by atoms with E-state index in [2.05, 4.69) is 4.98 Å². The van der Waals surface area contributed by atoms with Crippen LogP contribution in [0.15, 0.2) is 10.9 Å². The minimum absolute atomic E-state index is 0.00824. The molecule has 6 nitrogen and oxygen atoms in total. The topological polar surface area (TPSA) is 62.7 Å². The monoisotopic (exact) mass is 335 g/mol. The van der Waals surface area contributed by atoms with Gasteiger partial charge in [0, 0.05) is 37.5 Å². The third kappa shape index (κ3) is 2.76. The van der Waals surface area contributed by atoms with Crippen LogP contribution in [0.1, 0.15) is 42.6 Å². The number of thiazole rings is 1. The average Bonchev–Trinajstić information content (AvgIpc) is 3.28. The quantitative estimate of drug-likeness (QED) is 0.822. The van der Waals surface area contributed by atoms with Gasteiger partial charge in [0.25, 0.3) is 5.91 Å². The zero-order valence-electron chi connectivity index (χ0n) is 13.1. The van der Waals surface area contributed by atoms with Gasteiger partial charge >= 0.3 is 0 Å². The third-order valence-electron chi connectivity index (χ3n) is 5.27. The van der Waals surface area contributed by atoms with Crippen LogP contribution >= 0.6 is 11.3 Å². The summed E-state index contributed by atoms with van der Waals surface area (Å²) in [5, 5.41) is 1.79. The van der Waals surface area contributed by atoms with Crippen LogP contribution in [0.2, 0.25) is 0 Å². The van der Waals surface area contributed by atoms with Gasteiger partial charge in [-0.05, 0) is 25.7 Å². The Morgan fingerprint density at radius 3 is 3.09 bits per heavy atom. The number of amides is 2. The molecule has 3 aliphatic rings. The van der Waals surface area contributed by atoms with Crippen LogP contribution in [0.3, 0.4) is 0 Å². The summed E-state index contributed by atoms with van der Waals surface area (Å²) < 4.78 is 6.10. The Labute approximate surface area is 139 Å². The molecule has 2 atom stereocenters. The van der Waals surface area contributed by atoms with Gasteiger partial charge in [-0.3, -0.25) is 9.59 Å². The molecule has 1 aromatic rings. The molecule has 4 heterocycles. The first kappa shape index (κ1) is 15.1. The highest BCUT2D eigenvalue weighted by Crippen LogP contribution is 2.37. The lowest BCUT2D eigenvalue weighted by Gasteiger charge is -2.41. The number of ether oxygens (including phenoxy) is 1. The molecular formula is C16H21N3O3S. The van der Waals surface area contributed by atoms with Gasteiger partial charge < -0.3 is 14.5 Å². The predicted octanol–water partition coefficient (Wildman–Crippen LogP) is 1.53. The molecule has 3 saturated heterocycles. The van der Waals surface area contributed by atoms with Crippen molar-refractivity contribution in [3.05, 3.63) is 16.6 Å². The number of hydrogen-bond donors (Lipinski definition) is 0. The van der Waals surface area contributed by atoms with Crippen LogP contribution in [0.25, 0.3) is 0 Å². The van der Waals surface area contributed by atoms with Gasteiger partial charge in [-0.2, -0.15) is 0 Å². The van der Waals surface area contributed by atoms with Gasteiger partial charge in [0.1, 0.15) is 5.69 Å². The van der Waals surface area contributed by atoms with Crippen molar-refractivity contribution in [2.75, 3.05) is 26.2 Å². The number of likely N-dealkylation sites (tertiary alicyclic amines) is 2. The molecule has 1 spiro atoms. The minimum atomic E-state index is -0.280. The third-order valence-corrected chi connectivity index (χ3v) is 5.86. The fourth-order valence-corrected chi connectivity index (χ4v) is 4.63. The van der Waals surface area contributed by atoms with Gasteiger partial charge in [0.15, 0.2) is 0 Å². The Balaban J connectivity index is 1.44. The number of carbonyl (C=O) groups excluding carboxylic acids is 2. The Hall–Kier alpha value is -1.47. The largest absolute Gasteiger partial charge is 0.373 e. The van der Waals surface area contributed by atoms with Crippen molar-refractivity contribution in [2.45, 2.75) is 43.7 Å². The summed E-state index contributed by atoms with van der Waals surface area (Å²) in [6.07, 6.45) is 4.25. The molecule has 2 amide bonds. The van der Waals surface area contributed by atoms with E-state index in [1.165, 1.54) is 11.3 Å². The molecule has 0 bridgehead atoms. The van der Waals surface area contributed by atoms with Crippen LogP contribution in [-0.2, 0) is 9.53 Å². The number of aromatic nitrogens is 1. The van der Waals surface area contributed by atoms with Crippen molar-refractivity contribution in [1.82, 2.24) is 14.8 Å². The van der Waals surface area contributed by atoms with Crippen LogP contribution in [-0.4, -0.2) is 64.5 Å². The highest BCUT2D eigenvalue weighted by atomic mass is 32.1. The molecule has 3 fully saturated rings. The van der Waals surface area contributed by atoms with Crippen molar-refractivity contribution in [3.63, 3.8) is 0 Å². The first-order valence-corrected chi connectivity index (χ1v) is 9.22. The van der Waals surface area contributed by atoms with Crippen molar-refractivity contribution in [1.29, 1.82) is 0 Å². The summed E-state index contributed by atoms with van der Waals surface area (Å²) in [6.45, 7) is 2.87. The zero-order valence-corrected chi connectivity index (χ0v) is 13.9. The van der Waals surface area contributed by atoms with Crippen molar-refractivity contribution < 1.29 is 14.3 Å². The zero-order chi connectivity index (χ0) is 15.9. The Bertz CT molecular complexity index is 606. The van der Waals surface area contributed by atoms with Crippen molar-refractivity contribution in [3.8, 4) is 0 Å². The van der Waals surface area contributed by atoms with E-state index >= 15 is 0 Å². The highest BCUT2D eigenvalue weighted by molar-refractivity contribution is 7.07. The van der Waals surface area contributed by atoms with Crippen LogP contribution in [0.5, 0.6) is 0 Å². The summed E-state index contributed by atoms with van der Waals surface area (Å²) in [5.41, 5.74) is 1.93. The van der Waals surface area contributed by atoms with Crippen molar-refractivity contribution >= 4 is 23.2 Å². The summed E-state index contributed by atoms with van der Waals surface area (Å²) in [4.78, 5) is 32.5. The van der Waals surface area contributed by atoms with Gasteiger partial charge in [-0.15, -0.1) is 11.3 Å². The van der Waals surface area contributed by atoms with Gasteiger partial charge in [-0.1, -0.05) is 0 Å². The lowest BCUT2D eigenvalue weighted by molar-refractivity contribution is -0.137. The molecule has 124 valence electrons. The summed E-state index contributed by atoms with van der Waals surface area (Å²) in [7, 11) is 0. The van der Waals surface area contributed by atoms with E-state index in [-0.39, 0.29) is 23.5 Å². The molecule has 4 rings (SSSR count). The molecule has 0 aromatic carbocycles. The molecule has 0 N–H and O–H groups in total. The lowest BCUT2D eigenvalue weighted by Crippen LogP contribution is -2.50. The Morgan fingerprint density at radius 2 is 2.35 bits per heavy atom. The number of hydrogen-bond acceptors (Lipinski definition) is 5. The minimum Gasteiger partial charge on any atom is -0.373 e. The van der Waals surface area contributed by atoms with Crippen LogP contribution in [0, 0.1) is 0 Å². The normalized spacial score (nSPS) is 31.3. The highest BCUT2D eigenvalue weighted by Gasteiger charge is 2.47. The first-order chi connectivity index (χ1) is 11.2. The van der Waals surface area contributed by atoms with Gasteiger partial charge in [-0.25, -0.2) is 4.98 Å². The number of rotatable bonds is 2. The van der Waals surface area contributed by atoms with E-state index < -0.39 is 0 Å². The molecular weight excluding hydrogens is 314 g/mol. The van der Waals surface area contributed by atoms with E-state index in [0.29, 0.717) is 31.8 Å². The smallest absolute Gasteiger partial charge is 0.273 e. The summed E-state index contributed by atoms with van der Waals surface area (Å²) >= 11 is 1.44. The maximum Gasteiger partial charge on any atom is 0.273 e. The molecule has 0 aliphatic carbocycles. The molecule has 23 heavy (non-hydrogen) atoms. The van der Waals surface area contributed by atoms with E-state index in [1.54, 1.807) is 10.9 Å². The molecule has 0 unspecified atom stereocenters. The Kier molecular flexibility index (Phi) is 3.85. The second-order valence-electron chi connectivity index (χ2n) is 6.72. The number of nitrogens with zero attached hydrogens (tertiary/aromatic N) is 3. The second-order valence-corrected chi connectivity index (χ2v) is 7.44. The van der Waals surface area contributed by atoms with E-state index in [0.717, 1.165) is 32.2 Å². The predicted molar refractivity (Wildman–Crippen MR) is 85.3 cm³/mol. The van der Waals surface area contributed by atoms with E-state index in [9.17, 15) is 9.59 Å². The van der Waals surface area contributed by atoms with E-state index in [4.69, 9.17) is 4.74 Å². The summed E-state index contributed by atoms with van der Waals surface area (Å²) in [5.74, 6) is 0.270. The lowest BCUT2D eigenvalue weighted by atomic mass is 9.89. The molecule has 0 radical (unpaired) electrons. The SMILES string of the molecule is O=C(c1cscn1)N1CC[C@@]2(C[C@H](N3CCCC3=O)CCO2)C1. The maximum atomic E-state index is 12.5. The summed E-state index contributed by atoms with van der Waals surface area (Å²) in [6, 6.07) is 0.271. The van der Waals surface area contributed by atoms with Gasteiger partial charge in [0.2, 0.25) is 5.91 Å². The molecule has 3 aliphatic heterocycles. The van der Waals surface area contributed by atoms with Crippen LogP contribution in [0.4, 0.5) is 0 Å².